The third-order valence-electron chi connectivity index (χ3n) is 2.96. The van der Waals surface area contributed by atoms with E-state index in [1.807, 2.05) is 0 Å². The lowest BCUT2D eigenvalue weighted by Gasteiger charge is -2.17. The maximum Gasteiger partial charge on any atom is 0.171 e. The fraction of sp³-hybridized carbons (Fsp3) is 0.500. The van der Waals surface area contributed by atoms with Crippen molar-refractivity contribution in [2.24, 2.45) is 0 Å². The second-order valence-electron chi connectivity index (χ2n) is 3.97. The molecular weight excluding hydrogens is 212 g/mol. The molecule has 1 saturated heterocycles. The Balaban J connectivity index is 2.25. The molecule has 1 aromatic rings. The van der Waals surface area contributed by atoms with E-state index >= 15 is 0 Å². The summed E-state index contributed by atoms with van der Waals surface area (Å²) in [6, 6.07) is 4.30. The van der Waals surface area contributed by atoms with E-state index in [9.17, 15) is 8.78 Å². The second-order valence-corrected chi connectivity index (χ2v) is 3.97. The first-order valence-electron chi connectivity index (χ1n) is 5.44. The summed E-state index contributed by atoms with van der Waals surface area (Å²) in [5.74, 6) is -0.496. The van der Waals surface area contributed by atoms with Gasteiger partial charge in [0.25, 0.3) is 0 Å². The van der Waals surface area contributed by atoms with Gasteiger partial charge >= 0.3 is 0 Å². The van der Waals surface area contributed by atoms with Crippen LogP contribution in [0.15, 0.2) is 18.2 Å². The van der Waals surface area contributed by atoms with Gasteiger partial charge in [-0.05, 0) is 25.5 Å². The second kappa shape index (κ2) is 4.78. The Morgan fingerprint density at radius 1 is 1.50 bits per heavy atom. The van der Waals surface area contributed by atoms with Crippen molar-refractivity contribution in [1.29, 1.82) is 0 Å². The van der Waals surface area contributed by atoms with E-state index in [4.69, 9.17) is 4.74 Å². The number of methoxy groups -OCH3 is 1. The summed E-state index contributed by atoms with van der Waals surface area (Å²) in [5.41, 5.74) is 0.0822. The van der Waals surface area contributed by atoms with Gasteiger partial charge in [-0.1, -0.05) is 12.1 Å². The van der Waals surface area contributed by atoms with Gasteiger partial charge in [-0.25, -0.2) is 8.78 Å². The van der Waals surface area contributed by atoms with Gasteiger partial charge in [0.15, 0.2) is 11.6 Å². The average Bonchev–Trinajstić information content (AvgIpc) is 2.82. The monoisotopic (exact) mass is 227 g/mol. The summed E-state index contributed by atoms with van der Waals surface area (Å²) < 4.78 is 32.7. The first-order valence-corrected chi connectivity index (χ1v) is 5.44. The van der Waals surface area contributed by atoms with Crippen LogP contribution >= 0.6 is 0 Å². The Bertz CT molecular complexity index is 364. The highest BCUT2D eigenvalue weighted by Crippen LogP contribution is 2.31. The van der Waals surface area contributed by atoms with Crippen LogP contribution in [0.5, 0.6) is 5.75 Å². The highest BCUT2D eigenvalue weighted by Gasteiger charge is 2.28. The molecule has 0 spiro atoms. The van der Waals surface area contributed by atoms with E-state index in [1.165, 1.54) is 19.2 Å². The predicted molar refractivity (Wildman–Crippen MR) is 57.8 cm³/mol. The Labute approximate surface area is 93.6 Å². The van der Waals surface area contributed by atoms with Gasteiger partial charge in [-0.15, -0.1) is 0 Å². The van der Waals surface area contributed by atoms with E-state index in [-0.39, 0.29) is 17.4 Å². The van der Waals surface area contributed by atoms with Crippen molar-refractivity contribution in [2.75, 3.05) is 13.7 Å². The minimum absolute atomic E-state index is 0.0822. The molecule has 88 valence electrons. The molecule has 0 bridgehead atoms. The summed E-state index contributed by atoms with van der Waals surface area (Å²) in [6.45, 7) is 0.802. The Kier molecular flexibility index (Phi) is 3.39. The zero-order valence-corrected chi connectivity index (χ0v) is 9.17. The fourth-order valence-corrected chi connectivity index (χ4v) is 2.08. The highest BCUT2D eigenvalue weighted by atomic mass is 19.1. The topological polar surface area (TPSA) is 21.3 Å². The maximum atomic E-state index is 14.1. The van der Waals surface area contributed by atoms with Gasteiger partial charge in [0.1, 0.15) is 6.17 Å². The highest BCUT2D eigenvalue weighted by molar-refractivity contribution is 5.33. The van der Waals surface area contributed by atoms with Crippen LogP contribution in [0.3, 0.4) is 0 Å². The van der Waals surface area contributed by atoms with Crippen LogP contribution in [-0.4, -0.2) is 19.7 Å². The van der Waals surface area contributed by atoms with Crippen LogP contribution in [0.2, 0.25) is 0 Å². The first-order chi connectivity index (χ1) is 7.74. The lowest BCUT2D eigenvalue weighted by atomic mass is 10.0. The van der Waals surface area contributed by atoms with Gasteiger partial charge in [0.2, 0.25) is 0 Å². The largest absolute Gasteiger partial charge is 0.494 e. The van der Waals surface area contributed by atoms with E-state index in [1.54, 1.807) is 6.07 Å². The van der Waals surface area contributed by atoms with Crippen molar-refractivity contribution in [1.82, 2.24) is 5.32 Å². The van der Waals surface area contributed by atoms with Crippen LogP contribution in [0.1, 0.15) is 24.6 Å². The molecule has 1 fully saturated rings. The third-order valence-corrected chi connectivity index (χ3v) is 2.96. The summed E-state index contributed by atoms with van der Waals surface area (Å²) in [6.07, 6.45) is 0.381. The zero-order valence-electron chi connectivity index (χ0n) is 9.17. The molecule has 0 aromatic heterocycles. The number of hydrogen-bond donors (Lipinski definition) is 1. The van der Waals surface area contributed by atoms with Crippen molar-refractivity contribution in [3.63, 3.8) is 0 Å². The number of nitrogens with one attached hydrogen (secondary N) is 1. The standard InChI is InChI=1S/C12H15F2NO/c1-16-10-6-2-4-8(12(10)14)11(13)9-5-3-7-15-9/h2,4,6,9,11,15H,3,5,7H2,1H3. The van der Waals surface area contributed by atoms with Crippen molar-refractivity contribution in [3.05, 3.63) is 29.6 Å². The summed E-state index contributed by atoms with van der Waals surface area (Å²) in [7, 11) is 1.38. The lowest BCUT2D eigenvalue weighted by Crippen LogP contribution is -2.27. The molecule has 0 amide bonds. The SMILES string of the molecule is COc1cccc(C(F)C2CCCN2)c1F. The molecule has 0 radical (unpaired) electrons. The van der Waals surface area contributed by atoms with Gasteiger partial charge in [-0.3, -0.25) is 0 Å². The molecule has 4 heteroatoms. The molecule has 2 rings (SSSR count). The molecule has 2 nitrogen and oxygen atoms in total. The van der Waals surface area contributed by atoms with Gasteiger partial charge < -0.3 is 10.1 Å². The Morgan fingerprint density at radius 2 is 2.31 bits per heavy atom. The number of rotatable bonds is 3. The zero-order chi connectivity index (χ0) is 11.5. The van der Waals surface area contributed by atoms with Crippen molar-refractivity contribution in [3.8, 4) is 5.75 Å². The summed E-state index contributed by atoms with van der Waals surface area (Å²) in [5, 5.41) is 3.04. The van der Waals surface area contributed by atoms with Gasteiger partial charge in [-0.2, -0.15) is 0 Å². The van der Waals surface area contributed by atoms with Crippen molar-refractivity contribution in [2.45, 2.75) is 25.1 Å². The quantitative estimate of drug-likeness (QED) is 0.857. The molecule has 2 atom stereocenters. The number of halogens is 2. The molecule has 0 saturated carbocycles. The van der Waals surface area contributed by atoms with Crippen molar-refractivity contribution >= 4 is 0 Å². The normalized spacial score (nSPS) is 22.1. The molecule has 1 aliphatic heterocycles. The molecule has 1 heterocycles. The number of ether oxygens (including phenoxy) is 1. The summed E-state index contributed by atoms with van der Waals surface area (Å²) in [4.78, 5) is 0. The molecule has 1 aliphatic rings. The summed E-state index contributed by atoms with van der Waals surface area (Å²) >= 11 is 0. The molecule has 16 heavy (non-hydrogen) atoms. The maximum absolute atomic E-state index is 14.1. The number of benzene rings is 1. The minimum atomic E-state index is -1.31. The molecule has 2 unspecified atom stereocenters. The van der Waals surface area contributed by atoms with Gasteiger partial charge in [0.05, 0.1) is 7.11 Å². The van der Waals surface area contributed by atoms with Crippen LogP contribution in [0.25, 0.3) is 0 Å². The van der Waals surface area contributed by atoms with E-state index in [0.717, 1.165) is 19.4 Å². The van der Waals surface area contributed by atoms with Crippen LogP contribution in [0.4, 0.5) is 8.78 Å². The fourth-order valence-electron chi connectivity index (χ4n) is 2.08. The van der Waals surface area contributed by atoms with Crippen LogP contribution < -0.4 is 10.1 Å². The third kappa shape index (κ3) is 2.02. The molecule has 1 N–H and O–H groups in total. The molecular formula is C12H15F2NO. The first kappa shape index (κ1) is 11.3. The Morgan fingerprint density at radius 3 is 2.94 bits per heavy atom. The Hall–Kier alpha value is -1.16. The number of hydrogen-bond acceptors (Lipinski definition) is 2. The van der Waals surface area contributed by atoms with E-state index < -0.39 is 12.0 Å². The van der Waals surface area contributed by atoms with Crippen LogP contribution in [0, 0.1) is 5.82 Å². The van der Waals surface area contributed by atoms with E-state index in [0.29, 0.717) is 0 Å². The lowest BCUT2D eigenvalue weighted by molar-refractivity contribution is 0.260. The molecule has 1 aromatic carbocycles. The van der Waals surface area contributed by atoms with Gasteiger partial charge in [0, 0.05) is 11.6 Å². The predicted octanol–water partition coefficient (Wildman–Crippen LogP) is 2.60. The minimum Gasteiger partial charge on any atom is -0.494 e. The number of alkyl halides is 1. The molecule has 0 aliphatic carbocycles. The van der Waals surface area contributed by atoms with Crippen LogP contribution in [-0.2, 0) is 0 Å². The van der Waals surface area contributed by atoms with Crippen molar-refractivity contribution < 1.29 is 13.5 Å². The average molecular weight is 227 g/mol. The smallest absolute Gasteiger partial charge is 0.171 e. The van der Waals surface area contributed by atoms with E-state index in [2.05, 4.69) is 5.32 Å².